The molecular weight excluding hydrogens is 193 g/mol. The topological polar surface area (TPSA) is 84.2 Å². The molecule has 0 aliphatic carbocycles. The van der Waals surface area contributed by atoms with Gasteiger partial charge in [-0.25, -0.2) is 14.0 Å². The number of anilines is 1. The number of hydrogen-bond acceptors (Lipinski definition) is 3. The molecule has 0 saturated heterocycles. The predicted octanol–water partition coefficient (Wildman–Crippen LogP) is 0.492. The first kappa shape index (κ1) is 10.2. The molecule has 0 saturated carbocycles. The van der Waals surface area contributed by atoms with E-state index in [-0.39, 0.29) is 6.54 Å². The van der Waals surface area contributed by atoms with E-state index in [9.17, 15) is 14.0 Å². The highest BCUT2D eigenvalue weighted by atomic mass is 19.1. The third kappa shape index (κ3) is 2.06. The second kappa shape index (κ2) is 3.86. The molecule has 0 aromatic carbocycles. The lowest BCUT2D eigenvalue weighted by Crippen LogP contribution is -2.25. The molecule has 0 aliphatic heterocycles. The first-order valence-corrected chi connectivity index (χ1v) is 3.81. The number of aromatic nitrogens is 2. The number of carbonyl (C=O) groups is 1. The third-order valence-corrected chi connectivity index (χ3v) is 1.51. The van der Waals surface area contributed by atoms with Crippen molar-refractivity contribution in [2.75, 3.05) is 5.32 Å². The van der Waals surface area contributed by atoms with Crippen LogP contribution in [0.1, 0.15) is 6.92 Å². The minimum atomic E-state index is -1.47. The van der Waals surface area contributed by atoms with Gasteiger partial charge in [0.25, 0.3) is 0 Å². The van der Waals surface area contributed by atoms with E-state index in [1.54, 1.807) is 12.2 Å². The lowest BCUT2D eigenvalue weighted by atomic mass is 10.5. The zero-order valence-corrected chi connectivity index (χ0v) is 7.32. The molecule has 0 unspecified atom stereocenters. The number of hydrogen-bond donors (Lipinski definition) is 2. The Labute approximate surface area is 78.0 Å². The number of nitrogens with zero attached hydrogens (tertiary/aromatic N) is 2. The summed E-state index contributed by atoms with van der Waals surface area (Å²) in [5.41, 5.74) is -0.697. The van der Waals surface area contributed by atoms with Gasteiger partial charge in [0, 0.05) is 12.7 Å². The molecule has 6 nitrogen and oxygen atoms in total. The summed E-state index contributed by atoms with van der Waals surface area (Å²) in [5, 5.41) is 9.96. The summed E-state index contributed by atoms with van der Waals surface area (Å²) < 4.78 is 14.1. The Kier molecular flexibility index (Phi) is 2.80. The molecular formula is C7H8FN3O3. The van der Waals surface area contributed by atoms with Crippen molar-refractivity contribution in [1.82, 2.24) is 9.55 Å². The number of aryl methyl sites for hydroxylation is 1. The zero-order chi connectivity index (χ0) is 10.7. The van der Waals surface area contributed by atoms with Gasteiger partial charge >= 0.3 is 11.8 Å². The van der Waals surface area contributed by atoms with Crippen molar-refractivity contribution < 1.29 is 14.3 Å². The molecule has 1 amide bonds. The zero-order valence-electron chi connectivity index (χ0n) is 7.32. The van der Waals surface area contributed by atoms with Gasteiger partial charge in [0.1, 0.15) is 0 Å². The van der Waals surface area contributed by atoms with Crippen LogP contribution in [0.3, 0.4) is 0 Å². The quantitative estimate of drug-likeness (QED) is 0.729. The van der Waals surface area contributed by atoms with Crippen LogP contribution in [0.5, 0.6) is 0 Å². The van der Waals surface area contributed by atoms with E-state index in [1.807, 2.05) is 0 Å². The lowest BCUT2D eigenvalue weighted by Gasteiger charge is -2.04. The number of rotatable bonds is 2. The fourth-order valence-electron chi connectivity index (χ4n) is 0.882. The van der Waals surface area contributed by atoms with Gasteiger partial charge in [-0.2, -0.15) is 4.98 Å². The van der Waals surface area contributed by atoms with Crippen LogP contribution >= 0.6 is 0 Å². The highest BCUT2D eigenvalue weighted by Gasteiger charge is 2.09. The molecule has 0 radical (unpaired) electrons. The van der Waals surface area contributed by atoms with Crippen molar-refractivity contribution >= 4 is 11.9 Å². The molecule has 0 atom stereocenters. The summed E-state index contributed by atoms with van der Waals surface area (Å²) in [6.45, 7) is 1.92. The average molecular weight is 201 g/mol. The van der Waals surface area contributed by atoms with Crippen LogP contribution in [-0.4, -0.2) is 20.8 Å². The second-order valence-electron chi connectivity index (χ2n) is 2.44. The highest BCUT2D eigenvalue weighted by Crippen LogP contribution is 2.05. The second-order valence-corrected chi connectivity index (χ2v) is 2.44. The van der Waals surface area contributed by atoms with Crippen molar-refractivity contribution in [3.8, 4) is 0 Å². The van der Waals surface area contributed by atoms with Crippen LogP contribution < -0.4 is 11.0 Å². The first-order valence-electron chi connectivity index (χ1n) is 3.81. The fourth-order valence-corrected chi connectivity index (χ4v) is 0.882. The molecule has 0 spiro atoms. The van der Waals surface area contributed by atoms with E-state index in [4.69, 9.17) is 5.11 Å². The molecule has 7 heteroatoms. The minimum absolute atomic E-state index is 0.274. The Bertz CT molecular complexity index is 415. The summed E-state index contributed by atoms with van der Waals surface area (Å²) >= 11 is 0. The van der Waals surface area contributed by atoms with E-state index in [1.165, 1.54) is 0 Å². The number of halogens is 1. The Hall–Kier alpha value is -1.92. The van der Waals surface area contributed by atoms with Gasteiger partial charge in [-0.15, -0.1) is 0 Å². The van der Waals surface area contributed by atoms with E-state index >= 15 is 0 Å². The Morgan fingerprint density at radius 2 is 2.43 bits per heavy atom. The average Bonchev–Trinajstić information content (AvgIpc) is 2.10. The maximum atomic E-state index is 13.0. The van der Waals surface area contributed by atoms with Crippen LogP contribution in [-0.2, 0) is 6.54 Å². The van der Waals surface area contributed by atoms with Crippen molar-refractivity contribution in [3.05, 3.63) is 22.5 Å². The maximum Gasteiger partial charge on any atom is 0.410 e. The van der Waals surface area contributed by atoms with E-state index in [0.717, 1.165) is 10.8 Å². The van der Waals surface area contributed by atoms with Gasteiger partial charge in [0.15, 0.2) is 11.6 Å². The van der Waals surface area contributed by atoms with Gasteiger partial charge in [-0.1, -0.05) is 0 Å². The third-order valence-electron chi connectivity index (χ3n) is 1.51. The Balaban J connectivity index is 3.15. The standard InChI is InChI=1S/C7H8FN3O3/c1-2-11-3-4(8)5(9-6(11)12)10-7(13)14/h3H,2H2,1H3,(H,13,14)(H,9,10,12). The van der Waals surface area contributed by atoms with Crippen molar-refractivity contribution in [2.45, 2.75) is 13.5 Å². The van der Waals surface area contributed by atoms with Crippen LogP contribution in [0.2, 0.25) is 0 Å². The van der Waals surface area contributed by atoms with E-state index in [2.05, 4.69) is 4.98 Å². The normalized spacial score (nSPS) is 9.86. The van der Waals surface area contributed by atoms with Gasteiger partial charge in [-0.3, -0.25) is 9.88 Å². The molecule has 0 bridgehead atoms. The lowest BCUT2D eigenvalue weighted by molar-refractivity contribution is 0.209. The van der Waals surface area contributed by atoms with Crippen LogP contribution in [0, 0.1) is 5.82 Å². The number of carboxylic acid groups (broad SMARTS) is 1. The molecule has 14 heavy (non-hydrogen) atoms. The van der Waals surface area contributed by atoms with Crippen molar-refractivity contribution in [2.24, 2.45) is 0 Å². The Morgan fingerprint density at radius 3 is 2.93 bits per heavy atom. The van der Waals surface area contributed by atoms with Gasteiger partial charge in [-0.05, 0) is 6.92 Å². The van der Waals surface area contributed by atoms with Crippen LogP contribution in [0.25, 0.3) is 0 Å². The molecule has 0 fully saturated rings. The summed E-state index contributed by atoms with van der Waals surface area (Å²) in [4.78, 5) is 24.4. The van der Waals surface area contributed by atoms with E-state index < -0.39 is 23.4 Å². The molecule has 1 aromatic heterocycles. The minimum Gasteiger partial charge on any atom is -0.465 e. The smallest absolute Gasteiger partial charge is 0.410 e. The number of amides is 1. The van der Waals surface area contributed by atoms with E-state index in [0.29, 0.717) is 0 Å². The molecule has 1 heterocycles. The molecule has 76 valence electrons. The summed E-state index contributed by atoms with van der Waals surface area (Å²) in [7, 11) is 0. The highest BCUT2D eigenvalue weighted by molar-refractivity contribution is 5.81. The largest absolute Gasteiger partial charge is 0.465 e. The van der Waals surface area contributed by atoms with Crippen molar-refractivity contribution in [1.29, 1.82) is 0 Å². The molecule has 1 aromatic rings. The summed E-state index contributed by atoms with van der Waals surface area (Å²) in [5.74, 6) is -1.46. The van der Waals surface area contributed by atoms with Gasteiger partial charge in [0.05, 0.1) is 0 Å². The van der Waals surface area contributed by atoms with Gasteiger partial charge in [0.2, 0.25) is 0 Å². The Morgan fingerprint density at radius 1 is 1.79 bits per heavy atom. The SMILES string of the molecule is CCn1cc(F)c(NC(=O)O)nc1=O. The molecule has 2 N–H and O–H groups in total. The number of nitrogens with one attached hydrogen (secondary N) is 1. The first-order chi connectivity index (χ1) is 6.54. The maximum absolute atomic E-state index is 13.0. The van der Waals surface area contributed by atoms with Crippen LogP contribution in [0.4, 0.5) is 15.0 Å². The van der Waals surface area contributed by atoms with Gasteiger partial charge < -0.3 is 5.11 Å². The van der Waals surface area contributed by atoms with Crippen LogP contribution in [0.15, 0.2) is 11.0 Å². The molecule has 1 rings (SSSR count). The fraction of sp³-hybridized carbons (Fsp3) is 0.286. The summed E-state index contributed by atoms with van der Waals surface area (Å²) in [6.07, 6.45) is -0.564. The predicted molar refractivity (Wildman–Crippen MR) is 45.8 cm³/mol. The molecule has 0 aliphatic rings. The summed E-state index contributed by atoms with van der Waals surface area (Å²) in [6, 6.07) is 0. The van der Waals surface area contributed by atoms with Crippen molar-refractivity contribution in [3.63, 3.8) is 0 Å². The monoisotopic (exact) mass is 201 g/mol.